The Hall–Kier alpha value is -1.48. The van der Waals surface area contributed by atoms with Gasteiger partial charge in [0.25, 0.3) is 0 Å². The smallest absolute Gasteiger partial charge is 0.0717 e. The molecule has 0 aliphatic rings. The summed E-state index contributed by atoms with van der Waals surface area (Å²) in [4.78, 5) is 3.12. The molecule has 1 heterocycles. The summed E-state index contributed by atoms with van der Waals surface area (Å²) in [5.74, 6) is 0. The van der Waals surface area contributed by atoms with Gasteiger partial charge in [-0.3, -0.25) is 0 Å². The number of aromatic nitrogens is 1. The van der Waals surface area contributed by atoms with E-state index in [9.17, 15) is 0 Å². The van der Waals surface area contributed by atoms with E-state index in [1.54, 1.807) is 0 Å². The Balaban J connectivity index is 2.32. The number of H-pyrrole nitrogens is 1. The number of anilines is 1. The number of nitrogens with two attached hydrogens (primary N) is 1. The average Bonchev–Trinajstić information content (AvgIpc) is 2.57. The summed E-state index contributed by atoms with van der Waals surface area (Å²) in [6.45, 7) is 3.39. The van der Waals surface area contributed by atoms with E-state index in [0.717, 1.165) is 23.2 Å². The summed E-state index contributed by atoms with van der Waals surface area (Å²) in [6.07, 6.45) is 1.81. The second-order valence-corrected chi connectivity index (χ2v) is 3.26. The highest BCUT2D eigenvalue weighted by Crippen LogP contribution is 2.21. The molecular formula is C11H14N2O. The number of hydrogen-bond acceptors (Lipinski definition) is 2. The van der Waals surface area contributed by atoms with Crippen LogP contribution in [0.3, 0.4) is 0 Å². The van der Waals surface area contributed by atoms with E-state index in [-0.39, 0.29) is 0 Å². The predicted octanol–water partition coefficient (Wildman–Crippen LogP) is 2.29. The first-order valence-corrected chi connectivity index (χ1v) is 4.74. The van der Waals surface area contributed by atoms with E-state index in [4.69, 9.17) is 10.5 Å². The zero-order chi connectivity index (χ0) is 9.97. The zero-order valence-electron chi connectivity index (χ0n) is 8.21. The fourth-order valence-corrected chi connectivity index (χ4v) is 1.51. The Kier molecular flexibility index (Phi) is 2.41. The van der Waals surface area contributed by atoms with Crippen LogP contribution in [0.4, 0.5) is 5.69 Å². The molecule has 2 aromatic rings. The van der Waals surface area contributed by atoms with Gasteiger partial charge in [0.05, 0.1) is 12.3 Å². The van der Waals surface area contributed by atoms with Crippen molar-refractivity contribution in [3.63, 3.8) is 0 Å². The van der Waals surface area contributed by atoms with Crippen LogP contribution in [0.1, 0.15) is 12.5 Å². The van der Waals surface area contributed by atoms with Crippen LogP contribution in [0.15, 0.2) is 24.4 Å². The minimum absolute atomic E-state index is 0.658. The highest BCUT2D eigenvalue weighted by atomic mass is 16.5. The van der Waals surface area contributed by atoms with E-state index in [1.165, 1.54) is 5.56 Å². The summed E-state index contributed by atoms with van der Waals surface area (Å²) < 4.78 is 5.33. The Morgan fingerprint density at radius 2 is 2.29 bits per heavy atom. The van der Waals surface area contributed by atoms with Crippen LogP contribution in [-0.4, -0.2) is 11.6 Å². The minimum atomic E-state index is 0.658. The van der Waals surface area contributed by atoms with Crippen molar-refractivity contribution < 1.29 is 4.74 Å². The molecule has 2 rings (SSSR count). The maximum atomic E-state index is 5.76. The molecule has 14 heavy (non-hydrogen) atoms. The van der Waals surface area contributed by atoms with Crippen LogP contribution in [0.5, 0.6) is 0 Å². The molecule has 0 saturated carbocycles. The second-order valence-electron chi connectivity index (χ2n) is 3.26. The van der Waals surface area contributed by atoms with Crippen LogP contribution in [0.2, 0.25) is 0 Å². The first kappa shape index (κ1) is 9.09. The molecule has 3 N–H and O–H groups in total. The van der Waals surface area contributed by atoms with Gasteiger partial charge < -0.3 is 15.5 Å². The summed E-state index contributed by atoms with van der Waals surface area (Å²) in [5, 5.41) is 1.07. The largest absolute Gasteiger partial charge is 0.397 e. The van der Waals surface area contributed by atoms with Gasteiger partial charge in [-0.25, -0.2) is 0 Å². The highest BCUT2D eigenvalue weighted by Gasteiger charge is 2.00. The second kappa shape index (κ2) is 3.72. The monoisotopic (exact) mass is 190 g/mol. The number of hydrogen-bond donors (Lipinski definition) is 2. The third-order valence-corrected chi connectivity index (χ3v) is 2.25. The molecule has 74 valence electrons. The molecule has 1 aromatic heterocycles. The van der Waals surface area contributed by atoms with Crippen molar-refractivity contribution in [2.75, 3.05) is 12.3 Å². The van der Waals surface area contributed by atoms with Crippen LogP contribution in [0.25, 0.3) is 10.9 Å². The average molecular weight is 190 g/mol. The van der Waals surface area contributed by atoms with Gasteiger partial charge in [0, 0.05) is 23.7 Å². The molecule has 0 aliphatic carbocycles. The van der Waals surface area contributed by atoms with Gasteiger partial charge in [-0.05, 0) is 18.6 Å². The lowest BCUT2D eigenvalue weighted by Gasteiger charge is -2.01. The van der Waals surface area contributed by atoms with Crippen molar-refractivity contribution in [3.8, 4) is 0 Å². The predicted molar refractivity (Wildman–Crippen MR) is 58.0 cm³/mol. The summed E-state index contributed by atoms with van der Waals surface area (Å²) in [6, 6.07) is 6.14. The van der Waals surface area contributed by atoms with Crippen molar-refractivity contribution in [2.45, 2.75) is 13.5 Å². The first-order valence-electron chi connectivity index (χ1n) is 4.74. The molecule has 0 unspecified atom stereocenters. The number of benzene rings is 1. The lowest BCUT2D eigenvalue weighted by Crippen LogP contribution is -1.91. The third kappa shape index (κ3) is 1.59. The maximum absolute atomic E-state index is 5.76. The molecule has 0 aliphatic heterocycles. The molecule has 3 nitrogen and oxygen atoms in total. The van der Waals surface area contributed by atoms with E-state index in [0.29, 0.717) is 6.61 Å². The summed E-state index contributed by atoms with van der Waals surface area (Å²) in [5.41, 5.74) is 8.80. The SMILES string of the molecule is CCOCc1ccc2c(N)c[nH]c2c1. The Morgan fingerprint density at radius 1 is 1.43 bits per heavy atom. The van der Waals surface area contributed by atoms with Gasteiger partial charge in [0.15, 0.2) is 0 Å². The number of nitrogen functional groups attached to an aromatic ring is 1. The van der Waals surface area contributed by atoms with Gasteiger partial charge in [0.1, 0.15) is 0 Å². The van der Waals surface area contributed by atoms with Gasteiger partial charge in [-0.2, -0.15) is 0 Å². The number of ether oxygens (including phenoxy) is 1. The van der Waals surface area contributed by atoms with Crippen LogP contribution < -0.4 is 5.73 Å². The number of aromatic amines is 1. The summed E-state index contributed by atoms with van der Waals surface area (Å²) in [7, 11) is 0. The topological polar surface area (TPSA) is 51.0 Å². The fraction of sp³-hybridized carbons (Fsp3) is 0.273. The molecule has 1 aromatic carbocycles. The minimum Gasteiger partial charge on any atom is -0.397 e. The van der Waals surface area contributed by atoms with E-state index in [1.807, 2.05) is 25.3 Å². The molecule has 0 amide bonds. The van der Waals surface area contributed by atoms with Crippen molar-refractivity contribution in [1.29, 1.82) is 0 Å². The molecule has 0 fully saturated rings. The number of nitrogens with one attached hydrogen (secondary N) is 1. The standard InChI is InChI=1S/C11H14N2O/c1-2-14-7-8-3-4-9-10(12)6-13-11(9)5-8/h3-6,13H,2,7,12H2,1H3. The molecule has 0 spiro atoms. The van der Waals surface area contributed by atoms with E-state index < -0.39 is 0 Å². The van der Waals surface area contributed by atoms with Gasteiger partial charge in [-0.1, -0.05) is 12.1 Å². The summed E-state index contributed by atoms with van der Waals surface area (Å²) >= 11 is 0. The Labute approximate surface area is 82.9 Å². The van der Waals surface area contributed by atoms with Crippen molar-refractivity contribution in [2.24, 2.45) is 0 Å². The van der Waals surface area contributed by atoms with Gasteiger partial charge in [0.2, 0.25) is 0 Å². The van der Waals surface area contributed by atoms with Crippen molar-refractivity contribution in [3.05, 3.63) is 30.0 Å². The Morgan fingerprint density at radius 3 is 3.07 bits per heavy atom. The lowest BCUT2D eigenvalue weighted by molar-refractivity contribution is 0.134. The molecule has 3 heteroatoms. The third-order valence-electron chi connectivity index (χ3n) is 2.25. The van der Waals surface area contributed by atoms with Crippen molar-refractivity contribution in [1.82, 2.24) is 4.98 Å². The van der Waals surface area contributed by atoms with Gasteiger partial charge in [-0.15, -0.1) is 0 Å². The number of fused-ring (bicyclic) bond motifs is 1. The number of rotatable bonds is 3. The Bertz CT molecular complexity index is 434. The van der Waals surface area contributed by atoms with E-state index in [2.05, 4.69) is 11.1 Å². The van der Waals surface area contributed by atoms with Crippen LogP contribution in [-0.2, 0) is 11.3 Å². The quantitative estimate of drug-likeness (QED) is 0.780. The lowest BCUT2D eigenvalue weighted by atomic mass is 10.1. The fourth-order valence-electron chi connectivity index (χ4n) is 1.51. The van der Waals surface area contributed by atoms with Crippen LogP contribution in [0, 0.1) is 0 Å². The zero-order valence-corrected chi connectivity index (χ0v) is 8.21. The molecule has 0 atom stereocenters. The first-order chi connectivity index (χ1) is 6.81. The molecule has 0 bridgehead atoms. The van der Waals surface area contributed by atoms with E-state index >= 15 is 0 Å². The highest BCUT2D eigenvalue weighted by molar-refractivity contribution is 5.91. The van der Waals surface area contributed by atoms with Crippen molar-refractivity contribution >= 4 is 16.6 Å². The van der Waals surface area contributed by atoms with Gasteiger partial charge >= 0.3 is 0 Å². The molecule has 0 radical (unpaired) electrons. The molecular weight excluding hydrogens is 176 g/mol. The molecule has 0 saturated heterocycles. The van der Waals surface area contributed by atoms with Crippen LogP contribution >= 0.6 is 0 Å². The normalized spacial score (nSPS) is 10.9. The maximum Gasteiger partial charge on any atom is 0.0717 e.